The van der Waals surface area contributed by atoms with Crippen molar-refractivity contribution in [2.75, 3.05) is 18.4 Å². The summed E-state index contributed by atoms with van der Waals surface area (Å²) in [6, 6.07) is 11.9. The Kier molecular flexibility index (Phi) is 8.01. The molecule has 2 rings (SSSR count). The number of amides is 1. The molecular weight excluding hydrogens is 391 g/mol. The van der Waals surface area contributed by atoms with E-state index >= 15 is 0 Å². The minimum atomic E-state index is -4.49. The van der Waals surface area contributed by atoms with Crippen molar-refractivity contribution in [3.05, 3.63) is 48.0 Å². The van der Waals surface area contributed by atoms with Gasteiger partial charge in [0.25, 0.3) is 5.91 Å². The molecule has 0 aliphatic heterocycles. The van der Waals surface area contributed by atoms with Crippen LogP contribution < -0.4 is 20.5 Å². The molecule has 0 bridgehead atoms. The number of anilines is 1. The van der Waals surface area contributed by atoms with Crippen molar-refractivity contribution < 1.29 is 22.7 Å². The van der Waals surface area contributed by atoms with Gasteiger partial charge in [0, 0.05) is 12.1 Å². The van der Waals surface area contributed by atoms with Crippen molar-refractivity contribution in [3.8, 4) is 11.5 Å². The van der Waals surface area contributed by atoms with Gasteiger partial charge in [0.1, 0.15) is 12.3 Å². The normalized spacial score (nSPS) is 11.2. The van der Waals surface area contributed by atoms with Crippen molar-refractivity contribution >= 4 is 23.5 Å². The second kappa shape index (κ2) is 10.2. The van der Waals surface area contributed by atoms with Gasteiger partial charge in [-0.25, -0.2) is 0 Å². The van der Waals surface area contributed by atoms with E-state index in [1.807, 2.05) is 30.4 Å². The van der Waals surface area contributed by atoms with E-state index in [1.165, 1.54) is 12.1 Å². The van der Waals surface area contributed by atoms with Crippen LogP contribution in [0.5, 0.6) is 11.5 Å². The van der Waals surface area contributed by atoms with Crippen LogP contribution in [0.1, 0.15) is 30.1 Å². The average molecular weight is 413 g/mol. The summed E-state index contributed by atoms with van der Waals surface area (Å²) >= 11 is 0.856. The smallest absolute Gasteiger partial charge is 0.405 e. The Labute approximate surface area is 166 Å². The van der Waals surface area contributed by atoms with E-state index in [9.17, 15) is 18.0 Å². The van der Waals surface area contributed by atoms with Crippen LogP contribution in [0, 0.1) is 0 Å². The fourth-order valence-electron chi connectivity index (χ4n) is 2.35. The van der Waals surface area contributed by atoms with E-state index in [0.29, 0.717) is 28.6 Å². The van der Waals surface area contributed by atoms with Crippen LogP contribution in [-0.4, -0.2) is 25.2 Å². The molecule has 0 atom stereocenters. The van der Waals surface area contributed by atoms with Gasteiger partial charge in [-0.3, -0.25) is 9.93 Å². The molecule has 0 aliphatic carbocycles. The lowest BCUT2D eigenvalue weighted by Crippen LogP contribution is -2.33. The first-order valence-corrected chi connectivity index (χ1v) is 9.58. The zero-order valence-corrected chi connectivity index (χ0v) is 16.1. The van der Waals surface area contributed by atoms with E-state index in [1.54, 1.807) is 12.1 Å². The zero-order chi connectivity index (χ0) is 20.6. The Morgan fingerprint density at radius 2 is 1.93 bits per heavy atom. The number of carbonyl (C=O) groups is 1. The maximum absolute atomic E-state index is 12.4. The molecule has 0 spiro atoms. The molecule has 1 amide bonds. The number of rotatable bonds is 9. The number of halogens is 3. The van der Waals surface area contributed by atoms with Crippen molar-refractivity contribution in [1.82, 2.24) is 5.32 Å². The highest BCUT2D eigenvalue weighted by Gasteiger charge is 2.28. The molecule has 0 fully saturated rings. The standard InChI is InChI=1S/C19H22F3N3O2S/c1-2-3-9-24-15-10-13(18(26)25-12-19(20,21)22)11-16(28-23)17(15)27-14-7-5-4-6-8-14/h4-8,10-11,24H,2-3,9,12,23H2,1H3,(H,25,26). The van der Waals surface area contributed by atoms with Gasteiger partial charge in [-0.1, -0.05) is 31.5 Å². The number of carbonyl (C=O) groups excluding carboxylic acids is 1. The molecule has 28 heavy (non-hydrogen) atoms. The second-order valence-electron chi connectivity index (χ2n) is 5.96. The SMILES string of the molecule is CCCCNc1cc(C(=O)NCC(F)(F)F)cc(SN)c1Oc1ccccc1. The molecule has 0 saturated heterocycles. The van der Waals surface area contributed by atoms with E-state index in [2.05, 4.69) is 5.32 Å². The monoisotopic (exact) mass is 413 g/mol. The van der Waals surface area contributed by atoms with E-state index in [4.69, 9.17) is 9.88 Å². The molecule has 2 aromatic rings. The Bertz CT molecular complexity index is 786. The quantitative estimate of drug-likeness (QED) is 0.401. The lowest BCUT2D eigenvalue weighted by Gasteiger charge is -2.18. The molecule has 152 valence electrons. The Morgan fingerprint density at radius 3 is 2.54 bits per heavy atom. The molecule has 0 aromatic heterocycles. The number of hydrogen-bond acceptors (Lipinski definition) is 5. The van der Waals surface area contributed by atoms with Gasteiger partial charge in [-0.2, -0.15) is 13.2 Å². The second-order valence-corrected chi connectivity index (χ2v) is 6.64. The van der Waals surface area contributed by atoms with E-state index in [0.717, 1.165) is 24.8 Å². The first-order chi connectivity index (χ1) is 13.3. The number of ether oxygens (including phenoxy) is 1. The zero-order valence-electron chi connectivity index (χ0n) is 15.3. The molecule has 9 heteroatoms. The molecule has 0 saturated carbocycles. The largest absolute Gasteiger partial charge is 0.454 e. The summed E-state index contributed by atoms with van der Waals surface area (Å²) in [7, 11) is 0. The van der Waals surface area contributed by atoms with Gasteiger partial charge in [0.2, 0.25) is 0 Å². The van der Waals surface area contributed by atoms with Crippen LogP contribution in [0.3, 0.4) is 0 Å². The van der Waals surface area contributed by atoms with Gasteiger partial charge in [-0.15, -0.1) is 0 Å². The first-order valence-electron chi connectivity index (χ1n) is 8.70. The third kappa shape index (κ3) is 6.65. The molecule has 4 N–H and O–H groups in total. The third-order valence-corrected chi connectivity index (χ3v) is 4.26. The van der Waals surface area contributed by atoms with Gasteiger partial charge >= 0.3 is 6.18 Å². The minimum Gasteiger partial charge on any atom is -0.454 e. The van der Waals surface area contributed by atoms with Crippen LogP contribution in [0.4, 0.5) is 18.9 Å². The topological polar surface area (TPSA) is 76.4 Å². The van der Waals surface area contributed by atoms with Crippen LogP contribution in [0.15, 0.2) is 47.4 Å². The maximum Gasteiger partial charge on any atom is 0.405 e. The Morgan fingerprint density at radius 1 is 1.21 bits per heavy atom. The molecule has 0 radical (unpaired) electrons. The number of benzene rings is 2. The van der Waals surface area contributed by atoms with Crippen LogP contribution in [0.2, 0.25) is 0 Å². The van der Waals surface area contributed by atoms with Gasteiger partial charge < -0.3 is 15.4 Å². The third-order valence-electron chi connectivity index (χ3n) is 3.70. The Balaban J connectivity index is 2.35. The van der Waals surface area contributed by atoms with Gasteiger partial charge in [0.05, 0.1) is 10.6 Å². The predicted octanol–water partition coefficient (Wildman–Crippen LogP) is 4.95. The van der Waals surface area contributed by atoms with Crippen molar-refractivity contribution in [1.29, 1.82) is 0 Å². The predicted molar refractivity (Wildman–Crippen MR) is 105 cm³/mol. The number of nitrogens with one attached hydrogen (secondary N) is 2. The highest BCUT2D eigenvalue weighted by Crippen LogP contribution is 2.38. The fourth-order valence-corrected chi connectivity index (χ4v) is 2.80. The number of para-hydroxylation sites is 1. The van der Waals surface area contributed by atoms with Gasteiger partial charge in [0.15, 0.2) is 5.75 Å². The molecule has 0 aliphatic rings. The summed E-state index contributed by atoms with van der Waals surface area (Å²) in [5.41, 5.74) is 0.557. The highest BCUT2D eigenvalue weighted by molar-refractivity contribution is 7.97. The lowest BCUT2D eigenvalue weighted by molar-refractivity contribution is -0.123. The number of nitrogens with two attached hydrogens (primary N) is 1. The lowest BCUT2D eigenvalue weighted by atomic mass is 10.1. The first kappa shape index (κ1) is 21.9. The van der Waals surface area contributed by atoms with E-state index < -0.39 is 18.6 Å². The average Bonchev–Trinajstić information content (AvgIpc) is 2.67. The molecule has 5 nitrogen and oxygen atoms in total. The minimum absolute atomic E-state index is 0.0663. The van der Waals surface area contributed by atoms with Crippen molar-refractivity contribution in [2.45, 2.75) is 30.8 Å². The van der Waals surface area contributed by atoms with Crippen molar-refractivity contribution in [3.63, 3.8) is 0 Å². The number of hydrogen-bond donors (Lipinski definition) is 3. The number of alkyl halides is 3. The van der Waals surface area contributed by atoms with Gasteiger partial charge in [-0.05, 0) is 42.6 Å². The summed E-state index contributed by atoms with van der Waals surface area (Å²) in [4.78, 5) is 12.6. The maximum atomic E-state index is 12.4. The summed E-state index contributed by atoms with van der Waals surface area (Å²) in [6.07, 6.45) is -2.66. The summed E-state index contributed by atoms with van der Waals surface area (Å²) in [5, 5.41) is 10.8. The fraction of sp³-hybridized carbons (Fsp3) is 0.316. The number of unbranched alkanes of at least 4 members (excludes halogenated alkanes) is 1. The van der Waals surface area contributed by atoms with Crippen molar-refractivity contribution in [2.24, 2.45) is 5.14 Å². The van der Waals surface area contributed by atoms with Crippen LogP contribution in [0.25, 0.3) is 0 Å². The molecule has 2 aromatic carbocycles. The summed E-state index contributed by atoms with van der Waals surface area (Å²) in [6.45, 7) is 1.24. The van der Waals surface area contributed by atoms with E-state index in [-0.39, 0.29) is 5.56 Å². The van der Waals surface area contributed by atoms with Crippen LogP contribution >= 0.6 is 11.9 Å². The molecular formula is C19H22F3N3O2S. The summed E-state index contributed by atoms with van der Waals surface area (Å²) < 4.78 is 43.1. The summed E-state index contributed by atoms with van der Waals surface area (Å²) in [5.74, 6) is 0.158. The molecule has 0 heterocycles. The Hall–Kier alpha value is -2.39. The molecule has 0 unspecified atom stereocenters. The highest BCUT2D eigenvalue weighted by atomic mass is 32.2. The van der Waals surface area contributed by atoms with Crippen LogP contribution in [-0.2, 0) is 0 Å².